The van der Waals surface area contributed by atoms with Crippen molar-refractivity contribution >= 4 is 5.82 Å². The lowest BCUT2D eigenvalue weighted by Gasteiger charge is -2.31. The van der Waals surface area contributed by atoms with Crippen LogP contribution in [0.2, 0.25) is 0 Å². The zero-order valence-electron chi connectivity index (χ0n) is 8.78. The molecule has 0 aromatic carbocycles. The van der Waals surface area contributed by atoms with Gasteiger partial charge in [-0.2, -0.15) is 0 Å². The van der Waals surface area contributed by atoms with Gasteiger partial charge in [0.25, 0.3) is 0 Å². The largest absolute Gasteiger partial charge is 0.354 e. The van der Waals surface area contributed by atoms with E-state index in [2.05, 4.69) is 9.97 Å². The van der Waals surface area contributed by atoms with Gasteiger partial charge in [0, 0.05) is 19.1 Å². The maximum Gasteiger partial charge on any atom is 0.186 e. The van der Waals surface area contributed by atoms with E-state index in [1.807, 2.05) is 4.90 Å². The number of nitrogens with two attached hydrogens (primary N) is 1. The number of nitrogens with zero attached hydrogens (tertiary/aromatic N) is 3. The van der Waals surface area contributed by atoms with Crippen LogP contribution in [0.5, 0.6) is 0 Å². The summed E-state index contributed by atoms with van der Waals surface area (Å²) in [5, 5.41) is 0. The van der Waals surface area contributed by atoms with Crippen molar-refractivity contribution in [2.45, 2.75) is 25.8 Å². The first kappa shape index (κ1) is 10.3. The van der Waals surface area contributed by atoms with Gasteiger partial charge in [-0.1, -0.05) is 0 Å². The summed E-state index contributed by atoms with van der Waals surface area (Å²) in [4.78, 5) is 9.74. The molecule has 0 spiro atoms. The van der Waals surface area contributed by atoms with Crippen LogP contribution in [0.1, 0.15) is 18.5 Å². The van der Waals surface area contributed by atoms with Gasteiger partial charge in [0.15, 0.2) is 11.6 Å². The molecule has 82 valence electrons. The van der Waals surface area contributed by atoms with E-state index in [4.69, 9.17) is 5.73 Å². The molecule has 0 saturated carbocycles. The Labute approximate surface area is 88.3 Å². The molecule has 0 aliphatic carbocycles. The van der Waals surface area contributed by atoms with E-state index in [0.29, 0.717) is 11.5 Å². The van der Waals surface area contributed by atoms with Gasteiger partial charge in [-0.15, -0.1) is 0 Å². The van der Waals surface area contributed by atoms with Crippen LogP contribution in [0.3, 0.4) is 0 Å². The van der Waals surface area contributed by atoms with E-state index < -0.39 is 0 Å². The Kier molecular flexibility index (Phi) is 2.81. The lowest BCUT2D eigenvalue weighted by Crippen LogP contribution is -2.40. The smallest absolute Gasteiger partial charge is 0.186 e. The van der Waals surface area contributed by atoms with Crippen LogP contribution < -0.4 is 10.6 Å². The Morgan fingerprint density at radius 3 is 2.73 bits per heavy atom. The second kappa shape index (κ2) is 4.10. The summed E-state index contributed by atoms with van der Waals surface area (Å²) in [7, 11) is 0. The van der Waals surface area contributed by atoms with E-state index in [0.717, 1.165) is 25.9 Å². The molecule has 0 atom stereocenters. The van der Waals surface area contributed by atoms with Gasteiger partial charge in [0.05, 0.1) is 5.69 Å². The number of rotatable bonds is 1. The molecule has 4 nitrogen and oxygen atoms in total. The van der Waals surface area contributed by atoms with Crippen LogP contribution in [-0.4, -0.2) is 29.1 Å². The molecule has 0 unspecified atom stereocenters. The molecule has 0 radical (unpaired) electrons. The number of hydrogen-bond acceptors (Lipinski definition) is 4. The second-order valence-corrected chi connectivity index (χ2v) is 3.92. The van der Waals surface area contributed by atoms with Gasteiger partial charge >= 0.3 is 0 Å². The number of aromatic nitrogens is 2. The van der Waals surface area contributed by atoms with Crippen molar-refractivity contribution in [2.75, 3.05) is 18.0 Å². The predicted molar refractivity (Wildman–Crippen MR) is 56.1 cm³/mol. The minimum absolute atomic E-state index is 0.243. The fraction of sp³-hybridized carbons (Fsp3) is 0.600. The van der Waals surface area contributed by atoms with Crippen molar-refractivity contribution in [1.29, 1.82) is 0 Å². The van der Waals surface area contributed by atoms with Gasteiger partial charge < -0.3 is 10.6 Å². The predicted octanol–water partition coefficient (Wildman–Crippen LogP) is 0.852. The van der Waals surface area contributed by atoms with Crippen LogP contribution in [0.15, 0.2) is 6.33 Å². The minimum Gasteiger partial charge on any atom is -0.354 e. The molecule has 1 aromatic rings. The normalized spacial score (nSPS) is 18.2. The van der Waals surface area contributed by atoms with E-state index >= 15 is 0 Å². The van der Waals surface area contributed by atoms with E-state index in [1.54, 1.807) is 6.92 Å². The first-order valence-corrected chi connectivity index (χ1v) is 5.16. The summed E-state index contributed by atoms with van der Waals surface area (Å²) in [5.74, 6) is 0.0994. The van der Waals surface area contributed by atoms with Crippen molar-refractivity contribution in [2.24, 2.45) is 5.73 Å². The van der Waals surface area contributed by atoms with Gasteiger partial charge in [0.1, 0.15) is 6.33 Å². The van der Waals surface area contributed by atoms with Crippen LogP contribution >= 0.6 is 0 Å². The van der Waals surface area contributed by atoms with Crippen LogP contribution in [0.4, 0.5) is 10.2 Å². The SMILES string of the molecule is Cc1ncnc(N2CCC(N)CC2)c1F. The molecule has 1 aliphatic rings. The molecule has 2 rings (SSSR count). The quantitative estimate of drug-likeness (QED) is 0.746. The molecule has 5 heteroatoms. The highest BCUT2D eigenvalue weighted by Gasteiger charge is 2.20. The van der Waals surface area contributed by atoms with E-state index in [1.165, 1.54) is 6.33 Å². The molecule has 2 heterocycles. The summed E-state index contributed by atoms with van der Waals surface area (Å²) >= 11 is 0. The average Bonchev–Trinajstić information content (AvgIpc) is 2.24. The Morgan fingerprint density at radius 2 is 2.07 bits per heavy atom. The number of aryl methyl sites for hydroxylation is 1. The topological polar surface area (TPSA) is 55.0 Å². The van der Waals surface area contributed by atoms with Gasteiger partial charge in [0.2, 0.25) is 0 Å². The van der Waals surface area contributed by atoms with Crippen molar-refractivity contribution in [3.63, 3.8) is 0 Å². The Balaban J connectivity index is 2.19. The second-order valence-electron chi connectivity index (χ2n) is 3.92. The first-order chi connectivity index (χ1) is 7.18. The van der Waals surface area contributed by atoms with Gasteiger partial charge in [-0.25, -0.2) is 14.4 Å². The summed E-state index contributed by atoms with van der Waals surface area (Å²) in [6, 6.07) is 0.243. The zero-order chi connectivity index (χ0) is 10.8. The first-order valence-electron chi connectivity index (χ1n) is 5.16. The van der Waals surface area contributed by atoms with Gasteiger partial charge in [-0.3, -0.25) is 0 Å². The molecule has 1 aromatic heterocycles. The number of anilines is 1. The molecule has 1 aliphatic heterocycles. The number of hydrogen-bond donors (Lipinski definition) is 1. The van der Waals surface area contributed by atoms with Crippen molar-refractivity contribution in [3.05, 3.63) is 17.8 Å². The molecule has 2 N–H and O–H groups in total. The minimum atomic E-state index is -0.312. The van der Waals surface area contributed by atoms with Crippen molar-refractivity contribution < 1.29 is 4.39 Å². The van der Waals surface area contributed by atoms with Crippen LogP contribution in [0, 0.1) is 12.7 Å². The lowest BCUT2D eigenvalue weighted by atomic mass is 10.1. The highest BCUT2D eigenvalue weighted by Crippen LogP contribution is 2.20. The molecular weight excluding hydrogens is 195 g/mol. The molecule has 0 amide bonds. The Morgan fingerprint density at radius 1 is 1.40 bits per heavy atom. The highest BCUT2D eigenvalue weighted by molar-refractivity contribution is 5.41. The average molecular weight is 210 g/mol. The van der Waals surface area contributed by atoms with Gasteiger partial charge in [-0.05, 0) is 19.8 Å². The number of piperidine rings is 1. The molecule has 0 bridgehead atoms. The van der Waals surface area contributed by atoms with Crippen LogP contribution in [0.25, 0.3) is 0 Å². The summed E-state index contributed by atoms with van der Waals surface area (Å²) in [6.45, 7) is 3.19. The highest BCUT2D eigenvalue weighted by atomic mass is 19.1. The summed E-state index contributed by atoms with van der Waals surface area (Å²) in [5.41, 5.74) is 6.19. The maximum absolute atomic E-state index is 13.7. The monoisotopic (exact) mass is 210 g/mol. The third-order valence-corrected chi connectivity index (χ3v) is 2.78. The summed E-state index contributed by atoms with van der Waals surface area (Å²) < 4.78 is 13.7. The third-order valence-electron chi connectivity index (χ3n) is 2.78. The third kappa shape index (κ3) is 2.07. The Hall–Kier alpha value is -1.23. The zero-order valence-corrected chi connectivity index (χ0v) is 8.78. The van der Waals surface area contributed by atoms with Crippen molar-refractivity contribution in [1.82, 2.24) is 9.97 Å². The van der Waals surface area contributed by atoms with E-state index in [9.17, 15) is 4.39 Å². The Bertz CT molecular complexity index is 347. The van der Waals surface area contributed by atoms with Crippen molar-refractivity contribution in [3.8, 4) is 0 Å². The fourth-order valence-corrected chi connectivity index (χ4v) is 1.78. The molecule has 1 fully saturated rings. The standard InChI is InChI=1S/C10H15FN4/c1-7-9(11)10(14-6-13-7)15-4-2-8(12)3-5-15/h6,8H,2-5,12H2,1H3. The van der Waals surface area contributed by atoms with Crippen LogP contribution in [-0.2, 0) is 0 Å². The molecule has 1 saturated heterocycles. The summed E-state index contributed by atoms with van der Waals surface area (Å²) in [6.07, 6.45) is 3.19. The maximum atomic E-state index is 13.7. The number of halogens is 1. The molecular formula is C10H15FN4. The fourth-order valence-electron chi connectivity index (χ4n) is 1.78. The lowest BCUT2D eigenvalue weighted by molar-refractivity contribution is 0.488. The van der Waals surface area contributed by atoms with E-state index in [-0.39, 0.29) is 11.9 Å². The molecule has 15 heavy (non-hydrogen) atoms.